The number of carbonyl (C=O) groups is 1. The summed E-state index contributed by atoms with van der Waals surface area (Å²) in [5.74, 6) is 0.366. The van der Waals surface area contributed by atoms with Gasteiger partial charge in [0, 0.05) is 17.8 Å². The van der Waals surface area contributed by atoms with Gasteiger partial charge in [-0.15, -0.1) is 0 Å². The number of ether oxygens (including phenoxy) is 1. The highest BCUT2D eigenvalue weighted by molar-refractivity contribution is 5.82. The quantitative estimate of drug-likeness (QED) is 0.206. The second kappa shape index (κ2) is 13.2. The monoisotopic (exact) mass is 433 g/mol. The van der Waals surface area contributed by atoms with Crippen LogP contribution in [0.1, 0.15) is 95.1 Å². The molecule has 1 saturated carbocycles. The van der Waals surface area contributed by atoms with Crippen molar-refractivity contribution in [1.82, 2.24) is 4.98 Å². The number of benzene rings is 1. The molecule has 1 aliphatic rings. The highest BCUT2D eigenvalue weighted by Crippen LogP contribution is 2.35. The minimum Gasteiger partial charge on any atom is -0.459 e. The number of aromatic nitrogens is 1. The fraction of sp³-hybridized carbons (Fsp3) is 0.517. The number of aryl methyl sites for hydroxylation is 1. The summed E-state index contributed by atoms with van der Waals surface area (Å²) < 4.78 is 5.64. The van der Waals surface area contributed by atoms with E-state index in [1.807, 2.05) is 12.3 Å². The normalized spacial score (nSPS) is 18.7. The molecule has 0 atom stereocenters. The number of esters is 1. The first-order valence-corrected chi connectivity index (χ1v) is 12.6. The van der Waals surface area contributed by atoms with Crippen molar-refractivity contribution in [3.8, 4) is 11.3 Å². The van der Waals surface area contributed by atoms with E-state index in [9.17, 15) is 4.79 Å². The molecule has 172 valence electrons. The van der Waals surface area contributed by atoms with E-state index >= 15 is 0 Å². The Morgan fingerprint density at radius 2 is 1.72 bits per heavy atom. The predicted molar refractivity (Wildman–Crippen MR) is 133 cm³/mol. The number of pyridine rings is 1. The Bertz CT molecular complexity index is 830. The van der Waals surface area contributed by atoms with Gasteiger partial charge in [0.25, 0.3) is 0 Å². The fourth-order valence-corrected chi connectivity index (χ4v) is 4.47. The Kier molecular flexibility index (Phi) is 9.99. The molecule has 0 aliphatic heterocycles. The molecule has 1 aliphatic carbocycles. The summed E-state index contributed by atoms with van der Waals surface area (Å²) in [6.45, 7) is 4.39. The van der Waals surface area contributed by atoms with E-state index in [1.165, 1.54) is 36.0 Å². The van der Waals surface area contributed by atoms with Crippen molar-refractivity contribution < 1.29 is 9.53 Å². The molecule has 3 heteroatoms. The van der Waals surface area contributed by atoms with Gasteiger partial charge < -0.3 is 4.74 Å². The molecule has 0 bridgehead atoms. The average Bonchev–Trinajstić information content (AvgIpc) is 2.83. The Hall–Kier alpha value is -2.42. The standard InChI is InChI=1S/C29H39NO2/c1-3-5-7-9-11-29(31)32-27-19-17-25(18-20-27)24-13-15-26(16-14-24)28-21-12-23(22-30-28)10-8-6-4-2/h9,11-16,21-22,25,27H,3-8,10,17-20H2,1-2H3. The molecule has 3 nitrogen and oxygen atoms in total. The van der Waals surface area contributed by atoms with Crippen LogP contribution >= 0.6 is 0 Å². The van der Waals surface area contributed by atoms with Crippen molar-refractivity contribution >= 4 is 5.97 Å². The Morgan fingerprint density at radius 3 is 2.38 bits per heavy atom. The van der Waals surface area contributed by atoms with E-state index in [-0.39, 0.29) is 12.1 Å². The van der Waals surface area contributed by atoms with E-state index < -0.39 is 0 Å². The molecule has 3 rings (SSSR count). The molecule has 2 aromatic rings. The van der Waals surface area contributed by atoms with Gasteiger partial charge in [-0.25, -0.2) is 4.79 Å². The van der Waals surface area contributed by atoms with Crippen molar-refractivity contribution in [2.45, 2.75) is 96.5 Å². The Balaban J connectivity index is 1.46. The lowest BCUT2D eigenvalue weighted by atomic mass is 9.82. The molecule has 0 radical (unpaired) electrons. The summed E-state index contributed by atoms with van der Waals surface area (Å²) in [6, 6.07) is 13.3. The molecule has 0 saturated heterocycles. The van der Waals surface area contributed by atoms with Crippen LogP contribution in [0, 0.1) is 0 Å². The maximum absolute atomic E-state index is 12.0. The first kappa shape index (κ1) is 24.2. The van der Waals surface area contributed by atoms with Crippen LogP contribution in [0.15, 0.2) is 54.7 Å². The van der Waals surface area contributed by atoms with Crippen LogP contribution in [0.5, 0.6) is 0 Å². The third-order valence-electron chi connectivity index (χ3n) is 6.51. The lowest BCUT2D eigenvalue weighted by molar-refractivity contribution is -0.144. The summed E-state index contributed by atoms with van der Waals surface area (Å²) in [4.78, 5) is 16.7. The van der Waals surface area contributed by atoms with Crippen molar-refractivity contribution in [1.29, 1.82) is 0 Å². The summed E-state index contributed by atoms with van der Waals surface area (Å²) in [5.41, 5.74) is 4.92. The average molecular weight is 434 g/mol. The van der Waals surface area contributed by atoms with Gasteiger partial charge in [0.2, 0.25) is 0 Å². The van der Waals surface area contributed by atoms with Gasteiger partial charge in [-0.3, -0.25) is 4.98 Å². The summed E-state index contributed by atoms with van der Waals surface area (Å²) in [6.07, 6.45) is 17.8. The third kappa shape index (κ3) is 7.62. The lowest BCUT2D eigenvalue weighted by Crippen LogP contribution is -2.23. The predicted octanol–water partition coefficient (Wildman–Crippen LogP) is 7.80. The van der Waals surface area contributed by atoms with Crippen LogP contribution in [0.4, 0.5) is 0 Å². The largest absolute Gasteiger partial charge is 0.459 e. The van der Waals surface area contributed by atoms with E-state index in [0.29, 0.717) is 5.92 Å². The van der Waals surface area contributed by atoms with E-state index in [1.54, 1.807) is 6.08 Å². The summed E-state index contributed by atoms with van der Waals surface area (Å²) in [7, 11) is 0. The van der Waals surface area contributed by atoms with E-state index in [0.717, 1.165) is 57.1 Å². The molecule has 0 spiro atoms. The van der Waals surface area contributed by atoms with Crippen LogP contribution in [0.25, 0.3) is 11.3 Å². The second-order valence-corrected chi connectivity index (χ2v) is 9.09. The van der Waals surface area contributed by atoms with Gasteiger partial charge in [-0.2, -0.15) is 0 Å². The van der Waals surface area contributed by atoms with Crippen LogP contribution < -0.4 is 0 Å². The van der Waals surface area contributed by atoms with E-state index in [2.05, 4.69) is 55.2 Å². The van der Waals surface area contributed by atoms with Crippen LogP contribution in [0.2, 0.25) is 0 Å². The zero-order chi connectivity index (χ0) is 22.6. The highest BCUT2D eigenvalue weighted by atomic mass is 16.5. The minimum atomic E-state index is -0.183. The van der Waals surface area contributed by atoms with Gasteiger partial charge in [0.05, 0.1) is 5.69 Å². The number of rotatable bonds is 11. The first-order chi connectivity index (χ1) is 15.7. The van der Waals surface area contributed by atoms with E-state index in [4.69, 9.17) is 4.74 Å². The zero-order valence-corrected chi connectivity index (χ0v) is 19.9. The topological polar surface area (TPSA) is 39.2 Å². The molecular formula is C29H39NO2. The minimum absolute atomic E-state index is 0.0638. The molecule has 0 amide bonds. The molecule has 32 heavy (non-hydrogen) atoms. The van der Waals surface area contributed by atoms with Crippen molar-refractivity contribution in [3.05, 3.63) is 65.9 Å². The Morgan fingerprint density at radius 1 is 0.969 bits per heavy atom. The Labute approximate surface area is 194 Å². The molecule has 1 aromatic heterocycles. The van der Waals surface area contributed by atoms with Crippen molar-refractivity contribution in [3.63, 3.8) is 0 Å². The molecule has 1 fully saturated rings. The lowest BCUT2D eigenvalue weighted by Gasteiger charge is -2.28. The van der Waals surface area contributed by atoms with Crippen LogP contribution in [-0.4, -0.2) is 17.1 Å². The van der Waals surface area contributed by atoms with Gasteiger partial charge in [-0.05, 0) is 68.1 Å². The number of hydrogen-bond acceptors (Lipinski definition) is 3. The zero-order valence-electron chi connectivity index (χ0n) is 19.9. The third-order valence-corrected chi connectivity index (χ3v) is 6.51. The molecular weight excluding hydrogens is 394 g/mol. The molecule has 1 aromatic carbocycles. The maximum Gasteiger partial charge on any atom is 0.330 e. The molecule has 1 heterocycles. The number of hydrogen-bond donors (Lipinski definition) is 0. The number of carbonyl (C=O) groups excluding carboxylic acids is 1. The van der Waals surface area contributed by atoms with Crippen molar-refractivity contribution in [2.75, 3.05) is 0 Å². The summed E-state index contributed by atoms with van der Waals surface area (Å²) >= 11 is 0. The smallest absolute Gasteiger partial charge is 0.330 e. The maximum atomic E-state index is 12.0. The second-order valence-electron chi connectivity index (χ2n) is 9.09. The van der Waals surface area contributed by atoms with Gasteiger partial charge in [-0.1, -0.05) is 75.9 Å². The molecule has 0 unspecified atom stereocenters. The molecule has 0 N–H and O–H groups in total. The van der Waals surface area contributed by atoms with Gasteiger partial charge in [0.1, 0.15) is 6.10 Å². The van der Waals surface area contributed by atoms with Gasteiger partial charge >= 0.3 is 5.97 Å². The van der Waals surface area contributed by atoms with Crippen LogP contribution in [-0.2, 0) is 16.0 Å². The SMILES string of the molecule is CCCCC=CC(=O)OC1CCC(c2ccc(-c3ccc(CCCCC)cn3)cc2)CC1. The fourth-order valence-electron chi connectivity index (χ4n) is 4.47. The number of unbranched alkanes of at least 4 members (excludes halogenated alkanes) is 4. The number of nitrogens with zero attached hydrogens (tertiary/aromatic N) is 1. The highest BCUT2D eigenvalue weighted by Gasteiger charge is 2.24. The van der Waals surface area contributed by atoms with Crippen molar-refractivity contribution in [2.24, 2.45) is 0 Å². The summed E-state index contributed by atoms with van der Waals surface area (Å²) in [5, 5.41) is 0. The number of allylic oxidation sites excluding steroid dienone is 1. The first-order valence-electron chi connectivity index (χ1n) is 12.6. The van der Waals surface area contributed by atoms with Crippen LogP contribution in [0.3, 0.4) is 0 Å². The van der Waals surface area contributed by atoms with Gasteiger partial charge in [0.15, 0.2) is 0 Å².